The molecule has 0 atom stereocenters. The predicted molar refractivity (Wildman–Crippen MR) is 103 cm³/mol. The van der Waals surface area contributed by atoms with Crippen LogP contribution in [0.1, 0.15) is 22.8 Å². The van der Waals surface area contributed by atoms with Crippen molar-refractivity contribution in [1.82, 2.24) is 0 Å². The van der Waals surface area contributed by atoms with Crippen molar-refractivity contribution in [3.63, 3.8) is 0 Å². The van der Waals surface area contributed by atoms with Crippen molar-refractivity contribution in [1.29, 1.82) is 0 Å². The van der Waals surface area contributed by atoms with Crippen LogP contribution in [-0.4, -0.2) is 24.8 Å². The zero-order valence-corrected chi connectivity index (χ0v) is 16.0. The molecule has 0 aliphatic carbocycles. The molecule has 136 valence electrons. The van der Waals surface area contributed by atoms with Gasteiger partial charge in [-0.05, 0) is 49.7 Å². The average molecular weight is 385 g/mol. The van der Waals surface area contributed by atoms with Crippen LogP contribution in [0.15, 0.2) is 49.6 Å². The lowest BCUT2D eigenvalue weighted by Gasteiger charge is -2.02. The fourth-order valence-electron chi connectivity index (χ4n) is 1.62. The summed E-state index contributed by atoms with van der Waals surface area (Å²) in [5, 5.41) is 10.1. The van der Waals surface area contributed by atoms with Crippen molar-refractivity contribution in [2.75, 3.05) is 13.7 Å². The summed E-state index contributed by atoms with van der Waals surface area (Å²) < 4.78 is 9.72. The second-order valence-corrected chi connectivity index (χ2v) is 5.34. The van der Waals surface area contributed by atoms with Gasteiger partial charge in [0.25, 0.3) is 0 Å². The number of halogens is 2. The number of phenols is 1. The first-order chi connectivity index (χ1) is 11.9. The summed E-state index contributed by atoms with van der Waals surface area (Å²) in [5.74, 6) is 0.156. The molecule has 4 nitrogen and oxygen atoms in total. The molecule has 0 saturated heterocycles. The van der Waals surface area contributed by atoms with Gasteiger partial charge in [-0.2, -0.15) is 0 Å². The Morgan fingerprint density at radius 1 is 1.12 bits per heavy atom. The van der Waals surface area contributed by atoms with E-state index in [0.29, 0.717) is 17.2 Å². The van der Waals surface area contributed by atoms with Crippen molar-refractivity contribution in [3.05, 3.63) is 70.7 Å². The summed E-state index contributed by atoms with van der Waals surface area (Å²) in [6, 6.07) is 9.91. The van der Waals surface area contributed by atoms with E-state index in [4.69, 9.17) is 32.7 Å². The second kappa shape index (κ2) is 12.2. The monoisotopic (exact) mass is 384 g/mol. The Labute approximate surface area is 158 Å². The Bertz CT molecular complexity index is 687. The molecule has 25 heavy (non-hydrogen) atoms. The fourth-order valence-corrected chi connectivity index (χ4v) is 1.93. The van der Waals surface area contributed by atoms with Crippen LogP contribution in [-0.2, 0) is 4.74 Å². The molecule has 0 radical (unpaired) electrons. The van der Waals surface area contributed by atoms with E-state index in [9.17, 15) is 9.90 Å². The molecule has 1 N–H and O–H groups in total. The smallest absolute Gasteiger partial charge is 0.338 e. The van der Waals surface area contributed by atoms with E-state index < -0.39 is 5.97 Å². The molecule has 0 amide bonds. The van der Waals surface area contributed by atoms with Crippen molar-refractivity contribution < 1.29 is 19.4 Å². The number of carbonyl (C=O) groups excluding carboxylic acids is 1. The molecule has 0 spiro atoms. The van der Waals surface area contributed by atoms with Crippen molar-refractivity contribution in [2.45, 2.75) is 13.8 Å². The van der Waals surface area contributed by atoms with Crippen molar-refractivity contribution in [3.8, 4) is 11.5 Å². The van der Waals surface area contributed by atoms with Gasteiger partial charge < -0.3 is 14.6 Å². The number of hydrogen-bond acceptors (Lipinski definition) is 4. The minimum atomic E-state index is -0.463. The Hall–Kier alpha value is -2.17. The minimum absolute atomic E-state index is 0.118. The van der Waals surface area contributed by atoms with E-state index in [-0.39, 0.29) is 10.8 Å². The van der Waals surface area contributed by atoms with Crippen molar-refractivity contribution in [2.24, 2.45) is 0 Å². The number of benzene rings is 2. The Morgan fingerprint density at radius 2 is 1.72 bits per heavy atom. The highest BCUT2D eigenvalue weighted by molar-refractivity contribution is 6.32. The third-order valence-corrected chi connectivity index (χ3v) is 3.40. The van der Waals surface area contributed by atoms with E-state index in [1.165, 1.54) is 18.2 Å². The molecule has 0 fully saturated rings. The third kappa shape index (κ3) is 7.96. The molecule has 2 rings (SSSR count). The number of phenolic OH excluding ortho intramolecular Hbond substituents is 1. The average Bonchev–Trinajstić information content (AvgIpc) is 2.62. The molecule has 0 aliphatic rings. The number of ether oxygens (including phenoxy) is 2. The van der Waals surface area contributed by atoms with Gasteiger partial charge in [0, 0.05) is 0 Å². The molecular weight excluding hydrogens is 363 g/mol. The van der Waals surface area contributed by atoms with Crippen LogP contribution in [0.5, 0.6) is 11.5 Å². The van der Waals surface area contributed by atoms with E-state index >= 15 is 0 Å². The number of rotatable bonds is 3. The first-order valence-corrected chi connectivity index (χ1v) is 8.10. The lowest BCUT2D eigenvalue weighted by molar-refractivity contribution is 0.0526. The first kappa shape index (κ1) is 22.8. The van der Waals surface area contributed by atoms with Gasteiger partial charge >= 0.3 is 5.97 Å². The number of aromatic hydroxyl groups is 1. The highest BCUT2D eigenvalue weighted by atomic mass is 35.5. The van der Waals surface area contributed by atoms with Gasteiger partial charge in [0.15, 0.2) is 0 Å². The lowest BCUT2D eigenvalue weighted by atomic mass is 10.2. The van der Waals surface area contributed by atoms with E-state index in [0.717, 1.165) is 11.3 Å². The van der Waals surface area contributed by atoms with Gasteiger partial charge in [0.05, 0.1) is 29.3 Å². The zero-order valence-electron chi connectivity index (χ0n) is 14.5. The van der Waals surface area contributed by atoms with Crippen LogP contribution >= 0.6 is 23.2 Å². The summed E-state index contributed by atoms with van der Waals surface area (Å²) in [6.45, 7) is 10.0. The predicted octanol–water partition coefficient (Wildman–Crippen LogP) is 5.68. The van der Waals surface area contributed by atoms with E-state index in [2.05, 4.69) is 13.2 Å². The number of methoxy groups -OCH3 is 1. The Kier molecular flexibility index (Phi) is 11.2. The zero-order chi connectivity index (χ0) is 19.4. The van der Waals surface area contributed by atoms with Crippen LogP contribution < -0.4 is 4.74 Å². The van der Waals surface area contributed by atoms with Gasteiger partial charge in [0.1, 0.15) is 11.5 Å². The topological polar surface area (TPSA) is 55.8 Å². The molecular formula is C19H22Cl2O4. The molecule has 6 heteroatoms. The number of hydrogen-bond donors (Lipinski definition) is 1. The third-order valence-electron chi connectivity index (χ3n) is 2.76. The highest BCUT2D eigenvalue weighted by Crippen LogP contribution is 2.24. The lowest BCUT2D eigenvalue weighted by Crippen LogP contribution is -2.03. The van der Waals surface area contributed by atoms with Gasteiger partial charge in [0.2, 0.25) is 0 Å². The van der Waals surface area contributed by atoms with Crippen LogP contribution in [0.4, 0.5) is 0 Å². The van der Waals surface area contributed by atoms with E-state index in [1.54, 1.807) is 14.0 Å². The summed E-state index contributed by atoms with van der Waals surface area (Å²) in [7, 11) is 1.61. The molecule has 0 unspecified atom stereocenters. The maximum atomic E-state index is 11.1. The SMILES string of the molecule is C=C.CCOC(=O)c1ccc(Cl)c(O)c1.COc1cc(C)ccc1Cl. The normalized spacial score (nSPS) is 9.00. The molecule has 2 aromatic carbocycles. The number of esters is 1. The number of carbonyl (C=O) groups is 1. The maximum absolute atomic E-state index is 11.1. The largest absolute Gasteiger partial charge is 0.506 e. The standard InChI is InChI=1S/C9H9ClO3.C8H9ClO.C2H4/c1-2-13-9(12)6-3-4-7(10)8(11)5-6;1-6-3-4-7(9)8(5-6)10-2;1-2/h3-5,11H,2H2,1H3;3-5H,1-2H3;1-2H2. The maximum Gasteiger partial charge on any atom is 0.338 e. The molecule has 0 aromatic heterocycles. The summed E-state index contributed by atoms with van der Waals surface area (Å²) in [4.78, 5) is 11.1. The van der Waals surface area contributed by atoms with Gasteiger partial charge in [-0.1, -0.05) is 29.3 Å². The summed E-state index contributed by atoms with van der Waals surface area (Å²) in [5.41, 5.74) is 1.45. The minimum Gasteiger partial charge on any atom is -0.506 e. The molecule has 0 saturated carbocycles. The van der Waals surface area contributed by atoms with Gasteiger partial charge in [-0.25, -0.2) is 4.79 Å². The van der Waals surface area contributed by atoms with Crippen LogP contribution in [0.3, 0.4) is 0 Å². The van der Waals surface area contributed by atoms with Gasteiger partial charge in [-0.15, -0.1) is 13.2 Å². The van der Waals surface area contributed by atoms with Crippen LogP contribution in [0.2, 0.25) is 10.0 Å². The second-order valence-electron chi connectivity index (χ2n) is 4.52. The molecule has 2 aromatic rings. The molecule has 0 bridgehead atoms. The first-order valence-electron chi connectivity index (χ1n) is 7.34. The molecule has 0 heterocycles. The number of aryl methyl sites for hydroxylation is 1. The van der Waals surface area contributed by atoms with E-state index in [1.807, 2.05) is 25.1 Å². The summed E-state index contributed by atoms with van der Waals surface area (Å²) >= 11 is 11.3. The van der Waals surface area contributed by atoms with Gasteiger partial charge in [-0.3, -0.25) is 0 Å². The van der Waals surface area contributed by atoms with Crippen LogP contribution in [0.25, 0.3) is 0 Å². The fraction of sp³-hybridized carbons (Fsp3) is 0.211. The molecule has 0 aliphatic heterocycles. The van der Waals surface area contributed by atoms with Crippen LogP contribution in [0, 0.1) is 6.92 Å². The summed E-state index contributed by atoms with van der Waals surface area (Å²) in [6.07, 6.45) is 0. The Morgan fingerprint density at radius 3 is 2.20 bits per heavy atom. The Balaban J connectivity index is 0.000000430. The quantitative estimate of drug-likeness (QED) is 0.545. The van der Waals surface area contributed by atoms with Crippen molar-refractivity contribution >= 4 is 29.2 Å². The highest BCUT2D eigenvalue weighted by Gasteiger charge is 2.08.